The maximum Gasteiger partial charge on any atom is 0.340 e. The third-order valence-corrected chi connectivity index (χ3v) is 6.90. The second kappa shape index (κ2) is 18.1. The van der Waals surface area contributed by atoms with Crippen molar-refractivity contribution in [2.45, 2.75) is 25.9 Å². The number of hydrogen-bond donors (Lipinski definition) is 2. The Balaban J connectivity index is 1.78. The summed E-state index contributed by atoms with van der Waals surface area (Å²) in [4.78, 5) is 99.1. The van der Waals surface area contributed by atoms with Crippen LogP contribution in [-0.4, -0.2) is 87.8 Å². The Kier molecular flexibility index (Phi) is 13.8. The summed E-state index contributed by atoms with van der Waals surface area (Å²) in [6, 6.07) is 9.66. The molecule has 270 valence electrons. The van der Waals surface area contributed by atoms with Gasteiger partial charge in [0.25, 0.3) is 11.8 Å². The fourth-order valence-electron chi connectivity index (χ4n) is 4.22. The van der Waals surface area contributed by atoms with Gasteiger partial charge in [-0.05, 0) is 74.5 Å². The van der Waals surface area contributed by atoms with Gasteiger partial charge in [-0.2, -0.15) is 20.5 Å². The first-order valence-electron chi connectivity index (χ1n) is 14.9. The number of carbonyl (C=O) groups excluding carboxylic acids is 8. The monoisotopic (exact) mass is 716 g/mol. The molecular weight excluding hydrogens is 684 g/mol. The molecule has 3 aromatic rings. The highest BCUT2D eigenvalue weighted by atomic mass is 16.5. The van der Waals surface area contributed by atoms with Gasteiger partial charge in [0.05, 0.1) is 50.7 Å². The molecule has 52 heavy (non-hydrogen) atoms. The molecule has 0 spiro atoms. The van der Waals surface area contributed by atoms with Crippen LogP contribution in [0.25, 0.3) is 0 Å². The minimum atomic E-state index is -1.67. The first-order chi connectivity index (χ1) is 24.7. The number of benzene rings is 3. The Morgan fingerprint density at radius 1 is 0.500 bits per heavy atom. The summed E-state index contributed by atoms with van der Waals surface area (Å²) in [6.07, 6.45) is 0. The number of azo groups is 2. The molecule has 0 aliphatic rings. The van der Waals surface area contributed by atoms with E-state index >= 15 is 0 Å². The second-order valence-electron chi connectivity index (χ2n) is 10.4. The quantitative estimate of drug-likeness (QED) is 0.103. The van der Waals surface area contributed by atoms with Crippen LogP contribution < -0.4 is 10.6 Å². The first kappa shape index (κ1) is 39.5. The Hall–Kier alpha value is -6.98. The van der Waals surface area contributed by atoms with E-state index in [-0.39, 0.29) is 45.0 Å². The van der Waals surface area contributed by atoms with Crippen LogP contribution in [0.15, 0.2) is 81.1 Å². The molecule has 0 fully saturated rings. The molecule has 0 aromatic heterocycles. The molecule has 0 aliphatic heterocycles. The third kappa shape index (κ3) is 10.0. The van der Waals surface area contributed by atoms with Gasteiger partial charge in [-0.1, -0.05) is 0 Å². The van der Waals surface area contributed by atoms with E-state index in [0.717, 1.165) is 42.3 Å². The number of carbonyl (C=O) groups is 8. The predicted octanol–water partition coefficient (Wildman–Crippen LogP) is 4.19. The number of nitrogens with one attached hydrogen (secondary N) is 2. The lowest BCUT2D eigenvalue weighted by molar-refractivity contribution is -0.127. The molecule has 0 bridgehead atoms. The fourth-order valence-corrected chi connectivity index (χ4v) is 4.22. The van der Waals surface area contributed by atoms with Crippen molar-refractivity contribution in [2.75, 3.05) is 39.1 Å². The molecule has 0 saturated heterocycles. The summed E-state index contributed by atoms with van der Waals surface area (Å²) in [5, 5.41) is 20.4. The summed E-state index contributed by atoms with van der Waals surface area (Å²) in [7, 11) is 4.58. The van der Waals surface area contributed by atoms with E-state index in [2.05, 4.69) is 40.6 Å². The molecule has 0 heterocycles. The van der Waals surface area contributed by atoms with E-state index in [0.29, 0.717) is 0 Å². The molecule has 3 aromatic carbocycles. The zero-order valence-electron chi connectivity index (χ0n) is 28.6. The van der Waals surface area contributed by atoms with Crippen LogP contribution >= 0.6 is 0 Å². The molecule has 2 atom stereocenters. The molecule has 0 radical (unpaired) electrons. The van der Waals surface area contributed by atoms with Gasteiger partial charge in [0.15, 0.2) is 11.6 Å². The highest BCUT2D eigenvalue weighted by Crippen LogP contribution is 2.25. The summed E-state index contributed by atoms with van der Waals surface area (Å²) in [5.41, 5.74) is -0.0939. The van der Waals surface area contributed by atoms with Gasteiger partial charge in [0.2, 0.25) is 12.1 Å². The van der Waals surface area contributed by atoms with Gasteiger partial charge >= 0.3 is 23.9 Å². The average molecular weight is 717 g/mol. The third-order valence-electron chi connectivity index (χ3n) is 6.90. The molecule has 0 saturated carbocycles. The van der Waals surface area contributed by atoms with Crippen LogP contribution in [0.1, 0.15) is 55.3 Å². The van der Waals surface area contributed by atoms with Gasteiger partial charge in [0, 0.05) is 11.4 Å². The number of hydrogen-bond acceptors (Lipinski definition) is 16. The van der Waals surface area contributed by atoms with Crippen molar-refractivity contribution in [3.63, 3.8) is 0 Å². The molecule has 2 N–H and O–H groups in total. The van der Waals surface area contributed by atoms with Crippen LogP contribution in [-0.2, 0) is 38.1 Å². The van der Waals surface area contributed by atoms with Gasteiger partial charge in [-0.25, -0.2) is 19.2 Å². The van der Waals surface area contributed by atoms with E-state index in [9.17, 15) is 38.4 Å². The lowest BCUT2D eigenvalue weighted by Gasteiger charge is -2.12. The van der Waals surface area contributed by atoms with E-state index in [4.69, 9.17) is 9.47 Å². The zero-order valence-corrected chi connectivity index (χ0v) is 28.6. The summed E-state index contributed by atoms with van der Waals surface area (Å²) < 4.78 is 18.8. The van der Waals surface area contributed by atoms with Crippen LogP contribution in [0.5, 0.6) is 0 Å². The minimum absolute atomic E-state index is 0.0240. The Morgan fingerprint density at radius 3 is 1.12 bits per heavy atom. The number of nitrogens with zero attached hydrogens (tertiary/aromatic N) is 4. The molecular formula is C34H32N6O12. The highest BCUT2D eigenvalue weighted by Gasteiger charge is 2.26. The molecule has 3 rings (SSSR count). The normalized spacial score (nSPS) is 12.0. The van der Waals surface area contributed by atoms with Crippen LogP contribution in [0.2, 0.25) is 0 Å². The van der Waals surface area contributed by atoms with Gasteiger partial charge in [0.1, 0.15) is 11.4 Å². The van der Waals surface area contributed by atoms with Crippen molar-refractivity contribution in [1.82, 2.24) is 0 Å². The number of amides is 2. The zero-order chi connectivity index (χ0) is 38.5. The Morgan fingerprint density at radius 2 is 0.827 bits per heavy atom. The van der Waals surface area contributed by atoms with Crippen molar-refractivity contribution >= 4 is 70.0 Å². The number of rotatable bonds is 14. The standard InChI is InChI=1S/C34H32N6O12/c1-17(41)27(39-37-25-15-19(31(45)49-3)7-13-23(25)33(47)51-5)29(43)35-21-9-11-22(12-10-21)36-30(44)28(18(2)42)40-38-26-16-20(32(46)50-4)8-14-24(26)34(48)52-6/h7-16,27-28H,1-6H3,(H,35,43)(H,36,44). The number of anilines is 2. The van der Waals surface area contributed by atoms with Gasteiger partial charge < -0.3 is 29.6 Å². The number of esters is 4. The van der Waals surface area contributed by atoms with E-state index in [1.165, 1.54) is 60.7 Å². The van der Waals surface area contributed by atoms with E-state index < -0.39 is 59.3 Å². The maximum atomic E-state index is 13.0. The lowest BCUT2D eigenvalue weighted by Crippen LogP contribution is -2.32. The van der Waals surface area contributed by atoms with E-state index in [1.54, 1.807) is 0 Å². The summed E-state index contributed by atoms with van der Waals surface area (Å²) >= 11 is 0. The van der Waals surface area contributed by atoms with Gasteiger partial charge in [-0.3, -0.25) is 19.2 Å². The number of ketones is 2. The lowest BCUT2D eigenvalue weighted by atomic mass is 10.1. The molecule has 18 heteroatoms. The number of ether oxygens (including phenoxy) is 4. The van der Waals surface area contributed by atoms with Crippen molar-refractivity contribution in [3.8, 4) is 0 Å². The summed E-state index contributed by atoms with van der Waals surface area (Å²) in [5.74, 6) is -6.26. The Bertz CT molecular complexity index is 1830. The predicted molar refractivity (Wildman–Crippen MR) is 180 cm³/mol. The average Bonchev–Trinajstić information content (AvgIpc) is 3.13. The molecule has 18 nitrogen and oxygen atoms in total. The fraction of sp³-hybridized carbons (Fsp3) is 0.235. The van der Waals surface area contributed by atoms with Crippen LogP contribution in [0, 0.1) is 0 Å². The van der Waals surface area contributed by atoms with Gasteiger partial charge in [-0.15, -0.1) is 0 Å². The second-order valence-corrected chi connectivity index (χ2v) is 10.4. The molecule has 2 amide bonds. The SMILES string of the molecule is COC(=O)c1ccc(C(=O)OC)c(N=NC(C(C)=O)C(=O)Nc2ccc(NC(=O)C(N=Nc3cc(C(=O)OC)ccc3C(=O)OC)C(C)=O)cc2)c1. The highest BCUT2D eigenvalue weighted by molar-refractivity contribution is 6.11. The molecule has 2 unspecified atom stereocenters. The topological polar surface area (TPSA) is 247 Å². The van der Waals surface area contributed by atoms with Crippen LogP contribution in [0.4, 0.5) is 22.7 Å². The van der Waals surface area contributed by atoms with Crippen molar-refractivity contribution in [2.24, 2.45) is 20.5 Å². The number of methoxy groups -OCH3 is 4. The largest absolute Gasteiger partial charge is 0.465 e. The first-order valence-corrected chi connectivity index (χ1v) is 14.9. The summed E-state index contributed by atoms with van der Waals surface area (Å²) in [6.45, 7) is 2.20. The molecule has 0 aliphatic carbocycles. The Labute approximate surface area is 295 Å². The van der Waals surface area contributed by atoms with Crippen LogP contribution in [0.3, 0.4) is 0 Å². The smallest absolute Gasteiger partial charge is 0.340 e. The minimum Gasteiger partial charge on any atom is -0.465 e. The van der Waals surface area contributed by atoms with E-state index in [1.807, 2.05) is 0 Å². The van der Waals surface area contributed by atoms with Crippen molar-refractivity contribution in [1.29, 1.82) is 0 Å². The maximum absolute atomic E-state index is 13.0. The van der Waals surface area contributed by atoms with Crippen molar-refractivity contribution in [3.05, 3.63) is 82.9 Å². The van der Waals surface area contributed by atoms with Crippen molar-refractivity contribution < 1.29 is 57.3 Å². The number of Topliss-reactive ketones (excluding diaryl/α,β-unsaturated/α-hetero) is 2.